The molecule has 0 aromatic heterocycles. The van der Waals surface area contributed by atoms with Crippen LogP contribution in [0.4, 0.5) is 0 Å². The van der Waals surface area contributed by atoms with E-state index >= 15 is 0 Å². The molecule has 0 aromatic rings. The summed E-state index contributed by atoms with van der Waals surface area (Å²) in [5, 5.41) is 5.99. The van der Waals surface area contributed by atoms with E-state index in [1.807, 2.05) is 50.2 Å². The van der Waals surface area contributed by atoms with Crippen molar-refractivity contribution in [2.24, 2.45) is 5.10 Å². The molecule has 0 fully saturated rings. The van der Waals surface area contributed by atoms with Crippen LogP contribution in [0.15, 0.2) is 41.9 Å². The van der Waals surface area contributed by atoms with E-state index in [0.29, 0.717) is 0 Å². The Labute approximate surface area is 79.3 Å². The van der Waals surface area contributed by atoms with Gasteiger partial charge in [0.15, 0.2) is 5.84 Å². The van der Waals surface area contributed by atoms with Crippen molar-refractivity contribution >= 4 is 5.84 Å². The molecule has 0 N–H and O–H groups in total. The third-order valence-electron chi connectivity index (χ3n) is 1.74. The first-order chi connectivity index (χ1) is 6.29. The van der Waals surface area contributed by atoms with Crippen LogP contribution in [0.2, 0.25) is 0 Å². The number of hydrogen-bond acceptors (Lipinski definition) is 3. The molecule has 0 spiro atoms. The van der Waals surface area contributed by atoms with Crippen LogP contribution in [0.25, 0.3) is 0 Å². The molecule has 0 atom stereocenters. The van der Waals surface area contributed by atoms with Crippen molar-refractivity contribution in [2.75, 3.05) is 7.05 Å². The Bertz CT molecular complexity index is 287. The lowest BCUT2D eigenvalue weighted by Gasteiger charge is -2.17. The summed E-state index contributed by atoms with van der Waals surface area (Å²) in [4.78, 5) is 1.94. The molecule has 0 amide bonds. The summed E-state index contributed by atoms with van der Waals surface area (Å²) in [6.07, 6.45) is 7.82. The SMILES string of the molecule is C=C1N(C)N=C2C=CC=CN12.CC. The van der Waals surface area contributed by atoms with Crippen LogP contribution in [-0.4, -0.2) is 22.8 Å². The van der Waals surface area contributed by atoms with Gasteiger partial charge in [0.2, 0.25) is 0 Å². The van der Waals surface area contributed by atoms with Gasteiger partial charge in [0, 0.05) is 13.2 Å². The van der Waals surface area contributed by atoms with Crippen LogP contribution >= 0.6 is 0 Å². The van der Waals surface area contributed by atoms with Gasteiger partial charge >= 0.3 is 0 Å². The fourth-order valence-corrected chi connectivity index (χ4v) is 1.10. The van der Waals surface area contributed by atoms with Crippen LogP contribution in [-0.2, 0) is 0 Å². The van der Waals surface area contributed by atoms with Crippen molar-refractivity contribution in [1.29, 1.82) is 0 Å². The number of rotatable bonds is 0. The first-order valence-electron chi connectivity index (χ1n) is 4.44. The topological polar surface area (TPSA) is 18.8 Å². The molecule has 0 radical (unpaired) electrons. The highest BCUT2D eigenvalue weighted by Gasteiger charge is 2.21. The van der Waals surface area contributed by atoms with E-state index in [2.05, 4.69) is 11.7 Å². The van der Waals surface area contributed by atoms with Crippen LogP contribution in [0.3, 0.4) is 0 Å². The molecular weight excluding hydrogens is 162 g/mol. The molecule has 2 aliphatic heterocycles. The molecule has 2 heterocycles. The minimum Gasteiger partial charge on any atom is -0.285 e. The predicted octanol–water partition coefficient (Wildman–Crippen LogP) is 2.13. The lowest BCUT2D eigenvalue weighted by Crippen LogP contribution is -2.21. The molecule has 0 saturated carbocycles. The summed E-state index contributed by atoms with van der Waals surface area (Å²) in [7, 11) is 1.88. The molecule has 70 valence electrons. The maximum Gasteiger partial charge on any atom is 0.158 e. The summed E-state index contributed by atoms with van der Waals surface area (Å²) in [6, 6.07) is 0. The van der Waals surface area contributed by atoms with Crippen molar-refractivity contribution in [3.05, 3.63) is 36.8 Å². The average Bonchev–Trinajstić information content (AvgIpc) is 2.47. The van der Waals surface area contributed by atoms with Crippen molar-refractivity contribution in [1.82, 2.24) is 9.91 Å². The molecular formula is C10H15N3. The molecule has 3 nitrogen and oxygen atoms in total. The van der Waals surface area contributed by atoms with Gasteiger partial charge in [-0.25, -0.2) is 0 Å². The fourth-order valence-electron chi connectivity index (χ4n) is 1.10. The van der Waals surface area contributed by atoms with Gasteiger partial charge < -0.3 is 0 Å². The Balaban J connectivity index is 0.000000396. The fraction of sp³-hybridized carbons (Fsp3) is 0.300. The number of fused-ring (bicyclic) bond motifs is 1. The maximum absolute atomic E-state index is 4.23. The quantitative estimate of drug-likeness (QED) is 0.564. The third kappa shape index (κ3) is 1.64. The van der Waals surface area contributed by atoms with Crippen LogP contribution < -0.4 is 0 Å². The summed E-state index contributed by atoms with van der Waals surface area (Å²) < 4.78 is 0. The zero-order valence-electron chi connectivity index (χ0n) is 8.36. The number of amidine groups is 1. The monoisotopic (exact) mass is 177 g/mol. The van der Waals surface area contributed by atoms with Gasteiger partial charge in [0.1, 0.15) is 5.82 Å². The van der Waals surface area contributed by atoms with Gasteiger partial charge in [-0.1, -0.05) is 26.5 Å². The van der Waals surface area contributed by atoms with E-state index in [0.717, 1.165) is 11.7 Å². The minimum atomic E-state index is 0.889. The standard InChI is InChI=1S/C8H9N3.C2H6/c1-7-10(2)9-8-5-3-4-6-11(7)8;1-2/h3-6H,1H2,2H3;1-2H3. The third-order valence-corrected chi connectivity index (χ3v) is 1.74. The van der Waals surface area contributed by atoms with Crippen LogP contribution in [0, 0.1) is 0 Å². The van der Waals surface area contributed by atoms with Crippen molar-refractivity contribution in [3.8, 4) is 0 Å². The van der Waals surface area contributed by atoms with Gasteiger partial charge in [0.05, 0.1) is 0 Å². The molecule has 0 aliphatic carbocycles. The predicted molar refractivity (Wildman–Crippen MR) is 55.8 cm³/mol. The number of allylic oxidation sites excluding steroid dienone is 2. The van der Waals surface area contributed by atoms with Crippen LogP contribution in [0.5, 0.6) is 0 Å². The van der Waals surface area contributed by atoms with E-state index in [1.165, 1.54) is 0 Å². The molecule has 0 bridgehead atoms. The van der Waals surface area contributed by atoms with Gasteiger partial charge in [-0.05, 0) is 12.2 Å². The Morgan fingerprint density at radius 1 is 1.31 bits per heavy atom. The van der Waals surface area contributed by atoms with Crippen molar-refractivity contribution in [2.45, 2.75) is 13.8 Å². The molecule has 3 heteroatoms. The highest BCUT2D eigenvalue weighted by atomic mass is 15.6. The second-order valence-electron chi connectivity index (χ2n) is 2.47. The Hall–Kier alpha value is -1.51. The van der Waals surface area contributed by atoms with Crippen LogP contribution in [0.1, 0.15) is 13.8 Å². The number of hydrazone groups is 1. The first kappa shape index (κ1) is 9.58. The molecule has 2 rings (SSSR count). The highest BCUT2D eigenvalue weighted by Crippen LogP contribution is 2.19. The summed E-state index contributed by atoms with van der Waals surface area (Å²) in [5.74, 6) is 1.82. The smallest absolute Gasteiger partial charge is 0.158 e. The van der Waals surface area contributed by atoms with Gasteiger partial charge in [-0.15, -0.1) is 0 Å². The van der Waals surface area contributed by atoms with Gasteiger partial charge in [-0.3, -0.25) is 9.91 Å². The Morgan fingerprint density at radius 2 is 2.00 bits per heavy atom. The van der Waals surface area contributed by atoms with E-state index in [9.17, 15) is 0 Å². The summed E-state index contributed by atoms with van der Waals surface area (Å²) >= 11 is 0. The zero-order valence-corrected chi connectivity index (χ0v) is 8.36. The average molecular weight is 177 g/mol. The normalized spacial score (nSPS) is 18.1. The summed E-state index contributed by atoms with van der Waals surface area (Å²) in [5.41, 5.74) is 0. The number of hydrogen-bond donors (Lipinski definition) is 0. The lowest BCUT2D eigenvalue weighted by molar-refractivity contribution is 0.415. The van der Waals surface area contributed by atoms with Gasteiger partial charge in [0.25, 0.3) is 0 Å². The largest absolute Gasteiger partial charge is 0.285 e. The molecule has 2 aliphatic rings. The van der Waals surface area contributed by atoms with E-state index in [1.54, 1.807) is 5.01 Å². The second-order valence-corrected chi connectivity index (χ2v) is 2.47. The van der Waals surface area contributed by atoms with E-state index in [4.69, 9.17) is 0 Å². The minimum absolute atomic E-state index is 0.889. The highest BCUT2D eigenvalue weighted by molar-refractivity contribution is 5.97. The maximum atomic E-state index is 4.23. The summed E-state index contributed by atoms with van der Waals surface area (Å²) in [6.45, 7) is 7.87. The molecule has 0 saturated heterocycles. The Kier molecular flexibility index (Phi) is 2.90. The van der Waals surface area contributed by atoms with E-state index in [-0.39, 0.29) is 0 Å². The zero-order chi connectivity index (χ0) is 9.84. The van der Waals surface area contributed by atoms with Gasteiger partial charge in [-0.2, -0.15) is 5.10 Å². The second kappa shape index (κ2) is 3.94. The molecule has 0 aromatic carbocycles. The van der Waals surface area contributed by atoms with E-state index < -0.39 is 0 Å². The lowest BCUT2D eigenvalue weighted by atomic mass is 10.3. The van der Waals surface area contributed by atoms with Crippen molar-refractivity contribution < 1.29 is 0 Å². The number of nitrogens with zero attached hydrogens (tertiary/aromatic N) is 3. The van der Waals surface area contributed by atoms with Crippen molar-refractivity contribution in [3.63, 3.8) is 0 Å². The Morgan fingerprint density at radius 3 is 2.62 bits per heavy atom. The first-order valence-corrected chi connectivity index (χ1v) is 4.44. The molecule has 0 unspecified atom stereocenters. The molecule has 13 heavy (non-hydrogen) atoms.